The number of nitrogens with two attached hydrogens (primary N) is 1. The van der Waals surface area contributed by atoms with E-state index in [1.165, 1.54) is 11.1 Å². The maximum Gasteiger partial charge on any atom is 0.161 e. The predicted octanol–water partition coefficient (Wildman–Crippen LogP) is 4.40. The fourth-order valence-corrected chi connectivity index (χ4v) is 2.28. The van der Waals surface area contributed by atoms with Crippen LogP contribution in [0, 0.1) is 13.8 Å². The Morgan fingerprint density at radius 2 is 1.55 bits per heavy atom. The van der Waals surface area contributed by atoms with Crippen LogP contribution in [0.5, 0.6) is 0 Å². The fraction of sp³-hybridized carbons (Fsp3) is 0.375. The van der Waals surface area contributed by atoms with E-state index in [2.05, 4.69) is 72.6 Å². The van der Waals surface area contributed by atoms with Crippen molar-refractivity contribution in [3.05, 3.63) is 39.5 Å². The van der Waals surface area contributed by atoms with E-state index in [-0.39, 0.29) is 5.41 Å². The molecule has 0 saturated carbocycles. The van der Waals surface area contributed by atoms with Crippen molar-refractivity contribution < 1.29 is 0 Å². The van der Waals surface area contributed by atoms with Crippen LogP contribution in [0.25, 0.3) is 11.4 Å². The molecule has 3 nitrogen and oxygen atoms in total. The van der Waals surface area contributed by atoms with Gasteiger partial charge in [0.25, 0.3) is 0 Å². The van der Waals surface area contributed by atoms with Crippen LogP contribution in [0.1, 0.15) is 37.6 Å². The zero-order valence-corrected chi connectivity index (χ0v) is 14.2. The lowest BCUT2D eigenvalue weighted by Crippen LogP contribution is -2.15. The number of hydrogen-bond donors (Lipinski definition) is 1. The summed E-state index contributed by atoms with van der Waals surface area (Å²) in [7, 11) is 0. The second kappa shape index (κ2) is 5.17. The third-order valence-corrected chi connectivity index (χ3v) is 4.46. The van der Waals surface area contributed by atoms with Gasteiger partial charge >= 0.3 is 0 Å². The molecule has 0 amide bonds. The number of aryl methyl sites for hydroxylation is 2. The number of aromatic nitrogens is 2. The van der Waals surface area contributed by atoms with Crippen LogP contribution in [0.2, 0.25) is 0 Å². The third kappa shape index (κ3) is 3.01. The molecule has 0 radical (unpaired) electrons. The quantitative estimate of drug-likeness (QED) is 0.841. The normalized spacial score (nSPS) is 11.7. The molecule has 0 spiro atoms. The highest BCUT2D eigenvalue weighted by atomic mass is 79.9. The Kier molecular flexibility index (Phi) is 3.87. The van der Waals surface area contributed by atoms with E-state index in [9.17, 15) is 0 Å². The monoisotopic (exact) mass is 333 g/mol. The minimum absolute atomic E-state index is 0.0503. The molecular weight excluding hydrogens is 314 g/mol. The Bertz CT molecular complexity index is 634. The first-order chi connectivity index (χ1) is 9.18. The fourth-order valence-electron chi connectivity index (χ4n) is 2.05. The Morgan fingerprint density at radius 1 is 1.00 bits per heavy atom. The Morgan fingerprint density at radius 3 is 2.05 bits per heavy atom. The van der Waals surface area contributed by atoms with Crippen molar-refractivity contribution in [1.82, 2.24) is 9.97 Å². The van der Waals surface area contributed by atoms with Gasteiger partial charge in [-0.2, -0.15) is 0 Å². The Balaban J connectivity index is 2.61. The van der Waals surface area contributed by atoms with Gasteiger partial charge in [0.15, 0.2) is 5.82 Å². The summed E-state index contributed by atoms with van der Waals surface area (Å²) in [6.07, 6.45) is 0. The summed E-state index contributed by atoms with van der Waals surface area (Å²) in [5.41, 5.74) is 10.2. The lowest BCUT2D eigenvalue weighted by molar-refractivity contribution is 0.568. The second-order valence-corrected chi connectivity index (χ2v) is 6.97. The lowest BCUT2D eigenvalue weighted by atomic mass is 9.91. The standard InChI is InChI=1S/C16H20BrN3/c1-9-6-11(7-10(2)14(9)17)15-19-12(16(3,4)5)8-13(18)20-15/h6-8H,1-5H3,(H2,18,19,20). The minimum atomic E-state index is -0.0503. The maximum absolute atomic E-state index is 5.94. The average Bonchev–Trinajstić information content (AvgIpc) is 2.33. The number of benzene rings is 1. The smallest absolute Gasteiger partial charge is 0.161 e. The molecule has 0 unspecified atom stereocenters. The van der Waals surface area contributed by atoms with Crippen LogP contribution in [-0.4, -0.2) is 9.97 Å². The molecule has 0 saturated heterocycles. The molecule has 1 heterocycles. The molecule has 1 aromatic heterocycles. The second-order valence-electron chi connectivity index (χ2n) is 6.18. The summed E-state index contributed by atoms with van der Waals surface area (Å²) in [4.78, 5) is 9.06. The minimum Gasteiger partial charge on any atom is -0.384 e. The van der Waals surface area contributed by atoms with E-state index in [0.717, 1.165) is 15.7 Å². The first-order valence-corrected chi connectivity index (χ1v) is 7.40. The van der Waals surface area contributed by atoms with Crippen LogP contribution in [0.3, 0.4) is 0 Å². The van der Waals surface area contributed by atoms with Gasteiger partial charge in [0.05, 0.1) is 5.69 Å². The molecule has 2 aromatic rings. The van der Waals surface area contributed by atoms with Gasteiger partial charge in [-0.1, -0.05) is 36.7 Å². The zero-order chi connectivity index (χ0) is 15.1. The van der Waals surface area contributed by atoms with Crippen LogP contribution in [0.4, 0.5) is 5.82 Å². The number of rotatable bonds is 1. The molecular formula is C16H20BrN3. The van der Waals surface area contributed by atoms with Crippen molar-refractivity contribution in [1.29, 1.82) is 0 Å². The van der Waals surface area contributed by atoms with Crippen LogP contribution in [-0.2, 0) is 5.41 Å². The summed E-state index contributed by atoms with van der Waals surface area (Å²) in [5.74, 6) is 1.20. The summed E-state index contributed by atoms with van der Waals surface area (Å²) >= 11 is 3.58. The van der Waals surface area contributed by atoms with E-state index in [1.807, 2.05) is 6.07 Å². The summed E-state index contributed by atoms with van der Waals surface area (Å²) in [6, 6.07) is 6.01. The van der Waals surface area contributed by atoms with Crippen molar-refractivity contribution in [2.24, 2.45) is 0 Å². The zero-order valence-electron chi connectivity index (χ0n) is 12.6. The molecule has 106 valence electrons. The van der Waals surface area contributed by atoms with Crippen LogP contribution in [0.15, 0.2) is 22.7 Å². The summed E-state index contributed by atoms with van der Waals surface area (Å²) < 4.78 is 1.13. The molecule has 0 atom stereocenters. The molecule has 2 N–H and O–H groups in total. The van der Waals surface area contributed by atoms with Crippen molar-refractivity contribution in [2.75, 3.05) is 5.73 Å². The van der Waals surface area contributed by atoms with Crippen molar-refractivity contribution >= 4 is 21.7 Å². The van der Waals surface area contributed by atoms with Gasteiger partial charge < -0.3 is 5.73 Å². The van der Waals surface area contributed by atoms with Gasteiger partial charge in [-0.3, -0.25) is 0 Å². The average molecular weight is 334 g/mol. The van der Waals surface area contributed by atoms with Gasteiger partial charge in [0.2, 0.25) is 0 Å². The highest BCUT2D eigenvalue weighted by molar-refractivity contribution is 9.10. The Hall–Kier alpha value is -1.42. The molecule has 1 aromatic carbocycles. The van der Waals surface area contributed by atoms with Gasteiger partial charge in [-0.05, 0) is 37.1 Å². The third-order valence-electron chi connectivity index (χ3n) is 3.21. The SMILES string of the molecule is Cc1cc(-c2nc(N)cc(C(C)(C)C)n2)cc(C)c1Br. The number of halogens is 1. The highest BCUT2D eigenvalue weighted by Crippen LogP contribution is 2.29. The van der Waals surface area contributed by atoms with Crippen molar-refractivity contribution in [3.63, 3.8) is 0 Å². The van der Waals surface area contributed by atoms with Gasteiger partial charge in [0, 0.05) is 21.5 Å². The molecule has 0 aliphatic carbocycles. The molecule has 0 bridgehead atoms. The predicted molar refractivity (Wildman–Crippen MR) is 87.8 cm³/mol. The van der Waals surface area contributed by atoms with Crippen molar-refractivity contribution in [2.45, 2.75) is 40.0 Å². The summed E-state index contributed by atoms with van der Waals surface area (Å²) in [5, 5.41) is 0. The first-order valence-electron chi connectivity index (χ1n) is 6.60. The lowest BCUT2D eigenvalue weighted by Gasteiger charge is -2.19. The number of nitrogens with zero attached hydrogens (tertiary/aromatic N) is 2. The molecule has 2 rings (SSSR count). The molecule has 20 heavy (non-hydrogen) atoms. The topological polar surface area (TPSA) is 51.8 Å². The summed E-state index contributed by atoms with van der Waals surface area (Å²) in [6.45, 7) is 10.5. The molecule has 0 aliphatic heterocycles. The molecule has 0 fully saturated rings. The van der Waals surface area contributed by atoms with Crippen LogP contribution >= 0.6 is 15.9 Å². The van der Waals surface area contributed by atoms with Gasteiger partial charge in [0.1, 0.15) is 5.82 Å². The van der Waals surface area contributed by atoms with E-state index in [4.69, 9.17) is 5.73 Å². The Labute approximate surface area is 128 Å². The largest absolute Gasteiger partial charge is 0.384 e. The number of hydrogen-bond acceptors (Lipinski definition) is 3. The highest BCUT2D eigenvalue weighted by Gasteiger charge is 2.18. The number of nitrogen functional groups attached to an aromatic ring is 1. The van der Waals surface area contributed by atoms with Gasteiger partial charge in [-0.25, -0.2) is 9.97 Å². The molecule has 4 heteroatoms. The number of anilines is 1. The van der Waals surface area contributed by atoms with Gasteiger partial charge in [-0.15, -0.1) is 0 Å². The maximum atomic E-state index is 5.94. The molecule has 0 aliphatic rings. The van der Waals surface area contributed by atoms with E-state index in [1.54, 1.807) is 0 Å². The van der Waals surface area contributed by atoms with Crippen molar-refractivity contribution in [3.8, 4) is 11.4 Å². The first kappa shape index (κ1) is 15.0. The van der Waals surface area contributed by atoms with E-state index in [0.29, 0.717) is 11.6 Å². The van der Waals surface area contributed by atoms with Crippen LogP contribution < -0.4 is 5.73 Å². The van der Waals surface area contributed by atoms with E-state index < -0.39 is 0 Å². The van der Waals surface area contributed by atoms with E-state index >= 15 is 0 Å².